The highest BCUT2D eigenvalue weighted by molar-refractivity contribution is 9.10. The molecule has 0 aliphatic heterocycles. The van der Waals surface area contributed by atoms with Crippen LogP contribution in [0.15, 0.2) is 17.0 Å². The predicted molar refractivity (Wildman–Crippen MR) is 59.1 cm³/mol. The number of hydrogen-bond donors (Lipinski definition) is 2. The first-order valence-corrected chi connectivity index (χ1v) is 5.28. The molecule has 0 amide bonds. The Morgan fingerprint density at radius 2 is 2.29 bits per heavy atom. The minimum atomic E-state index is -0.364. The smallest absolute Gasteiger partial charge is 0.143 e. The predicted octanol–water partition coefficient (Wildman–Crippen LogP) is 1.67. The van der Waals surface area contributed by atoms with Crippen molar-refractivity contribution in [3.05, 3.63) is 17.0 Å². The first-order chi connectivity index (χ1) is 6.61. The van der Waals surface area contributed by atoms with Crippen LogP contribution < -0.4 is 5.32 Å². The van der Waals surface area contributed by atoms with Crippen LogP contribution in [-0.4, -0.2) is 27.7 Å². The van der Waals surface area contributed by atoms with Crippen molar-refractivity contribution in [2.24, 2.45) is 5.92 Å². The van der Waals surface area contributed by atoms with Crippen molar-refractivity contribution in [3.8, 4) is 0 Å². The maximum absolute atomic E-state index is 9.56. The van der Waals surface area contributed by atoms with E-state index in [1.807, 2.05) is 13.8 Å². The van der Waals surface area contributed by atoms with Crippen LogP contribution in [0.1, 0.15) is 13.8 Å². The molecular formula is C9H14BrN3O. The van der Waals surface area contributed by atoms with E-state index in [0.29, 0.717) is 12.4 Å². The molecule has 1 rings (SSSR count). The summed E-state index contributed by atoms with van der Waals surface area (Å²) in [7, 11) is 0. The number of nitrogens with zero attached hydrogens (tertiary/aromatic N) is 2. The summed E-state index contributed by atoms with van der Waals surface area (Å²) in [5.41, 5.74) is 0. The summed E-state index contributed by atoms with van der Waals surface area (Å²) in [5.74, 6) is 0.947. The highest BCUT2D eigenvalue weighted by Crippen LogP contribution is 2.17. The first-order valence-electron chi connectivity index (χ1n) is 4.48. The highest BCUT2D eigenvalue weighted by atomic mass is 79.9. The molecule has 1 aromatic heterocycles. The van der Waals surface area contributed by atoms with Crippen molar-refractivity contribution in [1.29, 1.82) is 0 Å². The molecule has 0 bridgehead atoms. The van der Waals surface area contributed by atoms with Crippen LogP contribution in [0.25, 0.3) is 0 Å². The van der Waals surface area contributed by atoms with Crippen LogP contribution in [-0.2, 0) is 0 Å². The van der Waals surface area contributed by atoms with E-state index in [1.54, 1.807) is 6.20 Å². The van der Waals surface area contributed by atoms with Crippen LogP contribution in [0.4, 0.5) is 5.82 Å². The minimum Gasteiger partial charge on any atom is -0.391 e. The van der Waals surface area contributed by atoms with Gasteiger partial charge >= 0.3 is 0 Å². The SMILES string of the molecule is CC(C)C(O)CNc1ncncc1Br. The number of hydrogen-bond acceptors (Lipinski definition) is 4. The number of rotatable bonds is 4. The third-order valence-electron chi connectivity index (χ3n) is 1.92. The Morgan fingerprint density at radius 3 is 2.86 bits per heavy atom. The summed E-state index contributed by atoms with van der Waals surface area (Å²) in [5, 5.41) is 12.6. The molecule has 1 unspecified atom stereocenters. The molecule has 4 nitrogen and oxygen atoms in total. The minimum absolute atomic E-state index is 0.239. The molecule has 1 aromatic rings. The van der Waals surface area contributed by atoms with Gasteiger partial charge in [0.1, 0.15) is 12.1 Å². The van der Waals surface area contributed by atoms with Crippen LogP contribution >= 0.6 is 15.9 Å². The van der Waals surface area contributed by atoms with Gasteiger partial charge in [0.25, 0.3) is 0 Å². The van der Waals surface area contributed by atoms with E-state index < -0.39 is 0 Å². The van der Waals surface area contributed by atoms with Gasteiger partial charge in [-0.1, -0.05) is 13.8 Å². The molecule has 1 atom stereocenters. The Bertz CT molecular complexity index is 293. The van der Waals surface area contributed by atoms with Crippen LogP contribution in [0.5, 0.6) is 0 Å². The molecule has 78 valence electrons. The van der Waals surface area contributed by atoms with E-state index in [4.69, 9.17) is 0 Å². The van der Waals surface area contributed by atoms with Crippen molar-refractivity contribution in [1.82, 2.24) is 9.97 Å². The summed E-state index contributed by atoms with van der Waals surface area (Å²) >= 11 is 3.31. The number of nitrogens with one attached hydrogen (secondary N) is 1. The fourth-order valence-electron chi connectivity index (χ4n) is 0.880. The molecule has 0 aliphatic carbocycles. The number of aromatic nitrogens is 2. The molecule has 0 aliphatic rings. The Hall–Kier alpha value is -0.680. The lowest BCUT2D eigenvalue weighted by atomic mass is 10.1. The standard InChI is InChI=1S/C9H14BrN3O/c1-6(2)8(14)4-12-9-7(10)3-11-5-13-9/h3,5-6,8,14H,4H2,1-2H3,(H,11,12,13). The van der Waals surface area contributed by atoms with E-state index in [2.05, 4.69) is 31.2 Å². The molecule has 0 spiro atoms. The topological polar surface area (TPSA) is 58.0 Å². The molecule has 0 saturated heterocycles. The van der Waals surface area contributed by atoms with Gasteiger partial charge < -0.3 is 10.4 Å². The lowest BCUT2D eigenvalue weighted by Gasteiger charge is -2.15. The molecule has 2 N–H and O–H groups in total. The third-order valence-corrected chi connectivity index (χ3v) is 2.50. The van der Waals surface area contributed by atoms with Gasteiger partial charge in [-0.25, -0.2) is 9.97 Å². The van der Waals surface area contributed by atoms with Gasteiger partial charge in [-0.2, -0.15) is 0 Å². The van der Waals surface area contributed by atoms with E-state index in [1.165, 1.54) is 6.33 Å². The number of aliphatic hydroxyl groups is 1. The van der Waals surface area contributed by atoms with Gasteiger partial charge in [0.05, 0.1) is 10.6 Å². The Labute approximate surface area is 91.9 Å². The summed E-state index contributed by atoms with van der Waals surface area (Å²) in [6, 6.07) is 0. The zero-order chi connectivity index (χ0) is 10.6. The Kier molecular flexibility index (Phi) is 4.28. The molecule has 0 fully saturated rings. The quantitative estimate of drug-likeness (QED) is 0.864. The Morgan fingerprint density at radius 1 is 1.57 bits per heavy atom. The van der Waals surface area contributed by atoms with E-state index in [-0.39, 0.29) is 12.0 Å². The summed E-state index contributed by atoms with van der Waals surface area (Å²) < 4.78 is 0.802. The van der Waals surface area contributed by atoms with Crippen LogP contribution in [0, 0.1) is 5.92 Å². The molecular weight excluding hydrogens is 246 g/mol. The molecule has 14 heavy (non-hydrogen) atoms. The van der Waals surface area contributed by atoms with Gasteiger partial charge in [0.15, 0.2) is 0 Å². The van der Waals surface area contributed by atoms with Gasteiger partial charge in [-0.3, -0.25) is 0 Å². The fraction of sp³-hybridized carbons (Fsp3) is 0.556. The number of halogens is 1. The summed E-state index contributed by atoms with van der Waals surface area (Å²) in [4.78, 5) is 7.88. The van der Waals surface area contributed by atoms with Crippen molar-refractivity contribution in [3.63, 3.8) is 0 Å². The lowest BCUT2D eigenvalue weighted by molar-refractivity contribution is 0.138. The second-order valence-corrected chi connectivity index (χ2v) is 4.27. The Balaban J connectivity index is 2.50. The highest BCUT2D eigenvalue weighted by Gasteiger charge is 2.09. The second kappa shape index (κ2) is 5.26. The third kappa shape index (κ3) is 3.23. The lowest BCUT2D eigenvalue weighted by Crippen LogP contribution is -2.25. The average Bonchev–Trinajstić information content (AvgIpc) is 2.16. The summed E-state index contributed by atoms with van der Waals surface area (Å²) in [6.07, 6.45) is 2.77. The molecule has 5 heteroatoms. The zero-order valence-corrected chi connectivity index (χ0v) is 9.82. The van der Waals surface area contributed by atoms with Crippen molar-refractivity contribution in [2.45, 2.75) is 20.0 Å². The van der Waals surface area contributed by atoms with Crippen LogP contribution in [0.2, 0.25) is 0 Å². The monoisotopic (exact) mass is 259 g/mol. The normalized spacial score (nSPS) is 12.9. The maximum Gasteiger partial charge on any atom is 0.143 e. The summed E-state index contributed by atoms with van der Waals surface area (Å²) in [6.45, 7) is 4.44. The second-order valence-electron chi connectivity index (χ2n) is 3.41. The molecule has 1 heterocycles. The number of aliphatic hydroxyl groups excluding tert-OH is 1. The number of anilines is 1. The largest absolute Gasteiger partial charge is 0.391 e. The van der Waals surface area contributed by atoms with E-state index in [9.17, 15) is 5.11 Å². The average molecular weight is 260 g/mol. The molecule has 0 radical (unpaired) electrons. The van der Waals surface area contributed by atoms with Crippen LogP contribution in [0.3, 0.4) is 0 Å². The van der Waals surface area contributed by atoms with E-state index in [0.717, 1.165) is 4.47 Å². The van der Waals surface area contributed by atoms with Gasteiger partial charge in [0, 0.05) is 12.7 Å². The maximum atomic E-state index is 9.56. The molecule has 0 aromatic carbocycles. The molecule has 0 saturated carbocycles. The first kappa shape index (κ1) is 11.4. The van der Waals surface area contributed by atoms with Crippen molar-refractivity contribution < 1.29 is 5.11 Å². The van der Waals surface area contributed by atoms with Gasteiger partial charge in [-0.05, 0) is 21.8 Å². The van der Waals surface area contributed by atoms with E-state index >= 15 is 0 Å². The van der Waals surface area contributed by atoms with Gasteiger partial charge in [0.2, 0.25) is 0 Å². The van der Waals surface area contributed by atoms with Crippen molar-refractivity contribution in [2.75, 3.05) is 11.9 Å². The van der Waals surface area contributed by atoms with Crippen molar-refractivity contribution >= 4 is 21.7 Å². The fourth-order valence-corrected chi connectivity index (χ4v) is 1.24. The van der Waals surface area contributed by atoms with Gasteiger partial charge in [-0.15, -0.1) is 0 Å². The zero-order valence-electron chi connectivity index (χ0n) is 8.24.